The molecule has 0 aromatic heterocycles. The van der Waals surface area contributed by atoms with Gasteiger partial charge in [0.15, 0.2) is 11.5 Å². The molecule has 1 atom stereocenters. The predicted octanol–water partition coefficient (Wildman–Crippen LogP) is 1.90. The van der Waals surface area contributed by atoms with Crippen LogP contribution in [-0.2, 0) is 11.2 Å². The summed E-state index contributed by atoms with van der Waals surface area (Å²) in [6.07, 6.45) is 0.336. The Hall–Kier alpha value is -1.17. The first kappa shape index (κ1) is 17.2. The molecule has 2 heterocycles. The third-order valence-corrected chi connectivity index (χ3v) is 4.01. The quantitative estimate of drug-likeness (QED) is 0.888. The molecular formula is C15H20Cl2N2O3. The van der Waals surface area contributed by atoms with Gasteiger partial charge >= 0.3 is 0 Å². The topological polar surface area (TPSA) is 50.8 Å². The van der Waals surface area contributed by atoms with Gasteiger partial charge in [-0.15, -0.1) is 12.4 Å². The van der Waals surface area contributed by atoms with E-state index in [0.717, 1.165) is 25.2 Å². The lowest BCUT2D eigenvalue weighted by molar-refractivity contribution is -0.131. The number of hydrogen-bond acceptors (Lipinski definition) is 4. The summed E-state index contributed by atoms with van der Waals surface area (Å²) in [5, 5.41) is 3.83. The number of rotatable bonds is 2. The lowest BCUT2D eigenvalue weighted by Crippen LogP contribution is -2.51. The van der Waals surface area contributed by atoms with Crippen LogP contribution in [0.3, 0.4) is 0 Å². The van der Waals surface area contributed by atoms with E-state index in [9.17, 15) is 4.79 Å². The molecule has 3 rings (SSSR count). The van der Waals surface area contributed by atoms with E-state index in [1.54, 1.807) is 6.07 Å². The molecule has 7 heteroatoms. The Morgan fingerprint density at radius 1 is 1.41 bits per heavy atom. The van der Waals surface area contributed by atoms with Crippen molar-refractivity contribution in [1.82, 2.24) is 10.2 Å². The van der Waals surface area contributed by atoms with E-state index in [0.29, 0.717) is 42.2 Å². The van der Waals surface area contributed by atoms with Crippen LogP contribution in [0.2, 0.25) is 5.02 Å². The number of fused-ring (bicyclic) bond motifs is 1. The number of hydrogen-bond donors (Lipinski definition) is 1. The van der Waals surface area contributed by atoms with Crippen molar-refractivity contribution in [2.75, 3.05) is 32.8 Å². The van der Waals surface area contributed by atoms with Crippen molar-refractivity contribution in [2.24, 2.45) is 0 Å². The Morgan fingerprint density at radius 2 is 2.18 bits per heavy atom. The van der Waals surface area contributed by atoms with Crippen molar-refractivity contribution in [3.63, 3.8) is 0 Å². The summed E-state index contributed by atoms with van der Waals surface area (Å²) >= 11 is 6.20. The Morgan fingerprint density at radius 3 is 2.95 bits per heavy atom. The van der Waals surface area contributed by atoms with Crippen LogP contribution in [0.1, 0.15) is 12.5 Å². The minimum atomic E-state index is 0. The van der Waals surface area contributed by atoms with E-state index in [1.807, 2.05) is 11.0 Å². The van der Waals surface area contributed by atoms with Crippen LogP contribution in [0.5, 0.6) is 11.5 Å². The third-order valence-electron chi connectivity index (χ3n) is 3.73. The first-order valence-corrected chi connectivity index (χ1v) is 7.60. The molecule has 0 radical (unpaired) electrons. The van der Waals surface area contributed by atoms with Gasteiger partial charge in [0.05, 0.1) is 11.4 Å². The number of carbonyl (C=O) groups is 1. The average molecular weight is 347 g/mol. The molecule has 1 N–H and O–H groups in total. The molecule has 1 saturated heterocycles. The zero-order chi connectivity index (χ0) is 14.8. The summed E-state index contributed by atoms with van der Waals surface area (Å²) in [7, 11) is 0. The van der Waals surface area contributed by atoms with E-state index in [4.69, 9.17) is 21.1 Å². The summed E-state index contributed by atoms with van der Waals surface area (Å²) in [4.78, 5) is 14.3. The van der Waals surface area contributed by atoms with Gasteiger partial charge in [0.1, 0.15) is 13.2 Å². The van der Waals surface area contributed by atoms with Gasteiger partial charge in [-0.05, 0) is 24.6 Å². The smallest absolute Gasteiger partial charge is 0.227 e. The number of nitrogens with zero attached hydrogens (tertiary/aromatic N) is 1. The van der Waals surface area contributed by atoms with Gasteiger partial charge in [-0.2, -0.15) is 0 Å². The van der Waals surface area contributed by atoms with Gasteiger partial charge in [0.25, 0.3) is 0 Å². The molecule has 0 bridgehead atoms. The highest BCUT2D eigenvalue weighted by molar-refractivity contribution is 6.32. The third kappa shape index (κ3) is 3.77. The summed E-state index contributed by atoms with van der Waals surface area (Å²) in [5.41, 5.74) is 0.862. The van der Waals surface area contributed by atoms with Crippen molar-refractivity contribution >= 4 is 29.9 Å². The van der Waals surface area contributed by atoms with Gasteiger partial charge in [-0.1, -0.05) is 11.6 Å². The van der Waals surface area contributed by atoms with Crippen LogP contribution < -0.4 is 14.8 Å². The van der Waals surface area contributed by atoms with E-state index in [-0.39, 0.29) is 18.3 Å². The second-order valence-electron chi connectivity index (χ2n) is 5.47. The van der Waals surface area contributed by atoms with Crippen molar-refractivity contribution in [3.8, 4) is 11.5 Å². The fourth-order valence-electron chi connectivity index (χ4n) is 2.71. The lowest BCUT2D eigenvalue weighted by Gasteiger charge is -2.32. The van der Waals surface area contributed by atoms with Crippen LogP contribution in [0.15, 0.2) is 12.1 Å². The fourth-order valence-corrected chi connectivity index (χ4v) is 3.00. The van der Waals surface area contributed by atoms with E-state index >= 15 is 0 Å². The van der Waals surface area contributed by atoms with Crippen molar-refractivity contribution in [3.05, 3.63) is 22.7 Å². The first-order chi connectivity index (χ1) is 10.1. The molecule has 2 aliphatic rings. The number of halogens is 2. The van der Waals surface area contributed by atoms with Crippen molar-refractivity contribution in [2.45, 2.75) is 19.4 Å². The van der Waals surface area contributed by atoms with Crippen LogP contribution in [0.25, 0.3) is 0 Å². The molecule has 1 amide bonds. The number of nitrogens with one attached hydrogen (secondary N) is 1. The number of piperazine rings is 1. The molecular weight excluding hydrogens is 327 g/mol. The Balaban J connectivity index is 0.00000176. The highest BCUT2D eigenvalue weighted by atomic mass is 35.5. The van der Waals surface area contributed by atoms with Crippen LogP contribution in [0.4, 0.5) is 0 Å². The number of benzene rings is 1. The highest BCUT2D eigenvalue weighted by Crippen LogP contribution is 2.38. The molecule has 1 aromatic rings. The van der Waals surface area contributed by atoms with E-state index < -0.39 is 0 Å². The normalized spacial score (nSPS) is 20.3. The summed E-state index contributed by atoms with van der Waals surface area (Å²) in [5.74, 6) is 1.33. The molecule has 0 aliphatic carbocycles. The van der Waals surface area contributed by atoms with Crippen LogP contribution in [-0.4, -0.2) is 49.7 Å². The Bertz CT molecular complexity index is 554. The minimum absolute atomic E-state index is 0. The van der Waals surface area contributed by atoms with Gasteiger partial charge in [-0.25, -0.2) is 0 Å². The summed E-state index contributed by atoms with van der Waals surface area (Å²) < 4.78 is 11.0. The van der Waals surface area contributed by atoms with Crippen LogP contribution >= 0.6 is 24.0 Å². The maximum atomic E-state index is 12.4. The van der Waals surface area contributed by atoms with E-state index in [1.165, 1.54) is 0 Å². The lowest BCUT2D eigenvalue weighted by atomic mass is 10.1. The van der Waals surface area contributed by atoms with Gasteiger partial charge < -0.3 is 19.7 Å². The Labute approximate surface area is 141 Å². The average Bonchev–Trinajstić information content (AvgIpc) is 2.47. The summed E-state index contributed by atoms with van der Waals surface area (Å²) in [6, 6.07) is 3.98. The van der Waals surface area contributed by atoms with Crippen molar-refractivity contribution < 1.29 is 14.3 Å². The number of carbonyl (C=O) groups excluding carboxylic acids is 1. The predicted molar refractivity (Wildman–Crippen MR) is 87.4 cm³/mol. The van der Waals surface area contributed by atoms with Gasteiger partial charge in [0, 0.05) is 25.7 Å². The fraction of sp³-hybridized carbons (Fsp3) is 0.533. The highest BCUT2D eigenvalue weighted by Gasteiger charge is 2.22. The monoisotopic (exact) mass is 346 g/mol. The van der Waals surface area contributed by atoms with Gasteiger partial charge in [0.2, 0.25) is 5.91 Å². The maximum absolute atomic E-state index is 12.4. The largest absolute Gasteiger partial charge is 0.486 e. The Kier molecular flexibility index (Phi) is 5.78. The first-order valence-electron chi connectivity index (χ1n) is 7.22. The minimum Gasteiger partial charge on any atom is -0.486 e. The molecule has 22 heavy (non-hydrogen) atoms. The molecule has 2 aliphatic heterocycles. The number of amides is 1. The zero-order valence-corrected chi connectivity index (χ0v) is 14.0. The standard InChI is InChI=1S/C15H19ClN2O3.ClH/c1-10-9-18(3-2-17-10)14(19)8-11-6-12(16)15-13(7-11)20-4-5-21-15;/h6-7,10,17H,2-5,8-9H2,1H3;1H. The molecule has 0 spiro atoms. The summed E-state index contributed by atoms with van der Waals surface area (Å²) in [6.45, 7) is 5.44. The molecule has 0 saturated carbocycles. The molecule has 5 nitrogen and oxygen atoms in total. The van der Waals surface area contributed by atoms with Crippen LogP contribution in [0, 0.1) is 0 Å². The van der Waals surface area contributed by atoms with E-state index in [2.05, 4.69) is 12.2 Å². The zero-order valence-electron chi connectivity index (χ0n) is 12.4. The number of ether oxygens (including phenoxy) is 2. The SMILES string of the molecule is CC1CN(C(=O)Cc2cc(Cl)c3c(c2)OCCO3)CCN1.Cl. The molecule has 122 valence electrons. The second-order valence-corrected chi connectivity index (χ2v) is 5.88. The second kappa shape index (κ2) is 7.40. The maximum Gasteiger partial charge on any atom is 0.227 e. The molecule has 1 aromatic carbocycles. The van der Waals surface area contributed by atoms with Gasteiger partial charge in [-0.3, -0.25) is 4.79 Å². The van der Waals surface area contributed by atoms with Crippen molar-refractivity contribution in [1.29, 1.82) is 0 Å². The molecule has 1 unspecified atom stereocenters. The molecule has 1 fully saturated rings.